The van der Waals surface area contributed by atoms with E-state index in [2.05, 4.69) is 50.7 Å². The SMILES string of the molecule is CC(C)c1c(-c2ccnc3[nH]ncc23)[nH]c2ccc(NC(=O)[C@H]3CCNC3)cc12. The highest BCUT2D eigenvalue weighted by atomic mass is 16.1. The third kappa shape index (κ3) is 3.07. The summed E-state index contributed by atoms with van der Waals surface area (Å²) < 4.78 is 0. The molecule has 1 atom stereocenters. The molecule has 7 nitrogen and oxygen atoms in total. The standard InChI is InChI=1S/C22H24N6O/c1-12(2)19-16-9-14(26-22(29)13-5-7-23-10-13)3-4-18(16)27-20(19)15-6-8-24-21-17(15)11-25-28-21/h3-4,6,8-9,11-13,23,27H,5,7,10H2,1-2H3,(H,26,29)(H,24,25,28)/t13-/m0/s1. The van der Waals surface area contributed by atoms with E-state index in [0.29, 0.717) is 5.92 Å². The Kier molecular flexibility index (Phi) is 4.32. The number of nitrogens with zero attached hydrogens (tertiary/aromatic N) is 2. The van der Waals surface area contributed by atoms with E-state index in [-0.39, 0.29) is 11.8 Å². The smallest absolute Gasteiger partial charge is 0.228 e. The molecule has 3 aromatic heterocycles. The molecule has 1 saturated heterocycles. The van der Waals surface area contributed by atoms with Gasteiger partial charge in [0, 0.05) is 40.3 Å². The van der Waals surface area contributed by atoms with E-state index < -0.39 is 0 Å². The Morgan fingerprint density at radius 3 is 2.93 bits per heavy atom. The minimum atomic E-state index is 0.0447. The molecule has 0 unspecified atom stereocenters. The highest BCUT2D eigenvalue weighted by molar-refractivity contribution is 6.01. The summed E-state index contributed by atoms with van der Waals surface area (Å²) in [6, 6.07) is 8.11. The molecule has 0 bridgehead atoms. The molecular formula is C22H24N6O. The Balaban J connectivity index is 1.60. The number of benzene rings is 1. The van der Waals surface area contributed by atoms with Crippen LogP contribution in [0.25, 0.3) is 33.2 Å². The third-order valence-electron chi connectivity index (χ3n) is 5.74. The number of anilines is 1. The summed E-state index contributed by atoms with van der Waals surface area (Å²) in [7, 11) is 0. The van der Waals surface area contributed by atoms with Crippen LogP contribution in [0.2, 0.25) is 0 Å². The van der Waals surface area contributed by atoms with Crippen molar-refractivity contribution < 1.29 is 4.79 Å². The average molecular weight is 388 g/mol. The maximum Gasteiger partial charge on any atom is 0.228 e. The second kappa shape index (κ2) is 7.00. The van der Waals surface area contributed by atoms with Gasteiger partial charge < -0.3 is 15.6 Å². The van der Waals surface area contributed by atoms with Crippen molar-refractivity contribution in [2.45, 2.75) is 26.2 Å². The number of pyridine rings is 1. The minimum absolute atomic E-state index is 0.0447. The molecule has 0 saturated carbocycles. The van der Waals surface area contributed by atoms with Crippen LogP contribution in [0.4, 0.5) is 5.69 Å². The number of amides is 1. The molecule has 29 heavy (non-hydrogen) atoms. The van der Waals surface area contributed by atoms with Crippen LogP contribution in [0.3, 0.4) is 0 Å². The van der Waals surface area contributed by atoms with Gasteiger partial charge in [0.2, 0.25) is 5.91 Å². The number of rotatable bonds is 4. The van der Waals surface area contributed by atoms with E-state index in [4.69, 9.17) is 0 Å². The van der Waals surface area contributed by atoms with E-state index in [1.54, 1.807) is 6.20 Å². The number of hydrogen-bond donors (Lipinski definition) is 4. The number of H-pyrrole nitrogens is 2. The molecule has 4 aromatic rings. The molecule has 0 radical (unpaired) electrons. The van der Waals surface area contributed by atoms with Gasteiger partial charge in [0.25, 0.3) is 0 Å². The van der Waals surface area contributed by atoms with Crippen molar-refractivity contribution in [3.63, 3.8) is 0 Å². The first kappa shape index (κ1) is 17.9. The highest BCUT2D eigenvalue weighted by Crippen LogP contribution is 2.38. The van der Waals surface area contributed by atoms with Crippen LogP contribution in [-0.2, 0) is 4.79 Å². The summed E-state index contributed by atoms with van der Waals surface area (Å²) in [6.45, 7) is 6.04. The van der Waals surface area contributed by atoms with Crippen molar-refractivity contribution in [1.82, 2.24) is 25.5 Å². The highest BCUT2D eigenvalue weighted by Gasteiger charge is 2.23. The van der Waals surface area contributed by atoms with Gasteiger partial charge in [-0.1, -0.05) is 13.8 Å². The molecule has 1 aliphatic rings. The van der Waals surface area contributed by atoms with Crippen molar-refractivity contribution in [2.75, 3.05) is 18.4 Å². The molecule has 7 heteroatoms. The van der Waals surface area contributed by atoms with Gasteiger partial charge in [-0.3, -0.25) is 9.89 Å². The van der Waals surface area contributed by atoms with Gasteiger partial charge in [-0.25, -0.2) is 4.98 Å². The second-order valence-electron chi connectivity index (χ2n) is 8.00. The number of aromatic nitrogens is 4. The lowest BCUT2D eigenvalue weighted by Gasteiger charge is -2.11. The normalized spacial score (nSPS) is 16.9. The van der Waals surface area contributed by atoms with Gasteiger partial charge in [-0.15, -0.1) is 0 Å². The fourth-order valence-electron chi connectivity index (χ4n) is 4.29. The molecule has 4 N–H and O–H groups in total. The van der Waals surface area contributed by atoms with Gasteiger partial charge >= 0.3 is 0 Å². The number of fused-ring (bicyclic) bond motifs is 2. The summed E-state index contributed by atoms with van der Waals surface area (Å²) in [5.41, 5.74) is 6.04. The molecule has 5 rings (SSSR count). The molecule has 0 spiro atoms. The predicted molar refractivity (Wildman–Crippen MR) is 115 cm³/mol. The lowest BCUT2D eigenvalue weighted by Crippen LogP contribution is -2.24. The lowest BCUT2D eigenvalue weighted by molar-refractivity contribution is -0.119. The maximum atomic E-state index is 12.5. The quantitative estimate of drug-likeness (QED) is 0.428. The van der Waals surface area contributed by atoms with E-state index in [0.717, 1.165) is 58.4 Å². The summed E-state index contributed by atoms with van der Waals surface area (Å²) in [5.74, 6) is 0.438. The van der Waals surface area contributed by atoms with Crippen LogP contribution in [-0.4, -0.2) is 39.2 Å². The van der Waals surface area contributed by atoms with Crippen molar-refractivity contribution in [1.29, 1.82) is 0 Å². The van der Waals surface area contributed by atoms with Crippen molar-refractivity contribution in [3.05, 3.63) is 42.2 Å². The first-order chi connectivity index (χ1) is 14.1. The number of carbonyl (C=O) groups excluding carboxylic acids is 1. The Morgan fingerprint density at radius 2 is 2.14 bits per heavy atom. The van der Waals surface area contributed by atoms with Crippen molar-refractivity contribution in [2.24, 2.45) is 5.92 Å². The van der Waals surface area contributed by atoms with Gasteiger partial charge in [0.05, 0.1) is 17.8 Å². The van der Waals surface area contributed by atoms with Crippen LogP contribution in [0.1, 0.15) is 31.7 Å². The predicted octanol–water partition coefficient (Wildman–Crippen LogP) is 3.78. The number of nitrogens with one attached hydrogen (secondary N) is 4. The van der Waals surface area contributed by atoms with Crippen LogP contribution in [0.15, 0.2) is 36.7 Å². The monoisotopic (exact) mass is 388 g/mol. The first-order valence-corrected chi connectivity index (χ1v) is 10.1. The van der Waals surface area contributed by atoms with E-state index in [1.165, 1.54) is 5.56 Å². The zero-order chi connectivity index (χ0) is 20.0. The topological polar surface area (TPSA) is 98.5 Å². The van der Waals surface area contributed by atoms with E-state index in [1.807, 2.05) is 24.4 Å². The first-order valence-electron chi connectivity index (χ1n) is 10.1. The molecule has 1 fully saturated rings. The number of carbonyl (C=O) groups is 1. The van der Waals surface area contributed by atoms with Crippen LogP contribution in [0.5, 0.6) is 0 Å². The fraction of sp³-hybridized carbons (Fsp3) is 0.318. The Labute approximate surface area is 168 Å². The second-order valence-corrected chi connectivity index (χ2v) is 8.00. The summed E-state index contributed by atoms with van der Waals surface area (Å²) in [6.07, 6.45) is 4.50. The zero-order valence-electron chi connectivity index (χ0n) is 16.5. The lowest BCUT2D eigenvalue weighted by atomic mass is 9.95. The molecule has 148 valence electrons. The molecular weight excluding hydrogens is 364 g/mol. The largest absolute Gasteiger partial charge is 0.354 e. The van der Waals surface area contributed by atoms with Crippen LogP contribution < -0.4 is 10.6 Å². The van der Waals surface area contributed by atoms with Crippen molar-refractivity contribution >= 4 is 33.5 Å². The molecule has 1 amide bonds. The minimum Gasteiger partial charge on any atom is -0.354 e. The molecule has 0 aliphatic carbocycles. The Bertz CT molecular complexity index is 1200. The van der Waals surface area contributed by atoms with Gasteiger partial charge in [-0.05, 0) is 48.7 Å². The number of aromatic amines is 2. The Hall–Kier alpha value is -3.19. The summed E-state index contributed by atoms with van der Waals surface area (Å²) >= 11 is 0. The van der Waals surface area contributed by atoms with E-state index in [9.17, 15) is 4.79 Å². The maximum absolute atomic E-state index is 12.5. The summed E-state index contributed by atoms with van der Waals surface area (Å²) in [5, 5.41) is 15.6. The fourth-order valence-corrected chi connectivity index (χ4v) is 4.29. The number of hydrogen-bond acceptors (Lipinski definition) is 4. The summed E-state index contributed by atoms with van der Waals surface area (Å²) in [4.78, 5) is 20.5. The van der Waals surface area contributed by atoms with E-state index >= 15 is 0 Å². The zero-order valence-corrected chi connectivity index (χ0v) is 16.5. The van der Waals surface area contributed by atoms with Gasteiger partial charge in [-0.2, -0.15) is 5.10 Å². The third-order valence-corrected chi connectivity index (χ3v) is 5.74. The average Bonchev–Trinajstić information content (AvgIpc) is 3.45. The molecule has 1 aromatic carbocycles. The van der Waals surface area contributed by atoms with Crippen molar-refractivity contribution in [3.8, 4) is 11.3 Å². The van der Waals surface area contributed by atoms with Gasteiger partial charge in [0.1, 0.15) is 0 Å². The molecule has 4 heterocycles. The van der Waals surface area contributed by atoms with Gasteiger partial charge in [0.15, 0.2) is 5.65 Å². The van der Waals surface area contributed by atoms with Crippen LogP contribution in [0, 0.1) is 5.92 Å². The van der Waals surface area contributed by atoms with Crippen LogP contribution >= 0.6 is 0 Å². The Morgan fingerprint density at radius 1 is 1.24 bits per heavy atom. The molecule has 1 aliphatic heterocycles.